The smallest absolute Gasteiger partial charge is 0.221 e. The molecule has 4 aromatic rings. The van der Waals surface area contributed by atoms with Crippen LogP contribution in [-0.4, -0.2) is 26.1 Å². The Kier molecular flexibility index (Phi) is 3.55. The number of fused-ring (bicyclic) bond motifs is 1. The molecule has 3 heterocycles. The second-order valence-electron chi connectivity index (χ2n) is 5.28. The number of carbonyl (C=O) groups is 1. The highest BCUT2D eigenvalue weighted by Gasteiger charge is 2.12. The fraction of sp³-hybridized carbons (Fsp3) is 0.0588. The lowest BCUT2D eigenvalue weighted by Crippen LogP contribution is -2.05. The van der Waals surface area contributed by atoms with Crippen molar-refractivity contribution in [3.05, 3.63) is 48.1 Å². The molecule has 0 radical (unpaired) electrons. The number of rotatable bonds is 3. The molecular formula is C17H13N5OS. The number of benzene rings is 1. The molecule has 6 nitrogen and oxygen atoms in total. The molecule has 0 aliphatic rings. The van der Waals surface area contributed by atoms with Crippen LogP contribution >= 0.6 is 11.3 Å². The Morgan fingerprint density at radius 3 is 2.83 bits per heavy atom. The van der Waals surface area contributed by atoms with Gasteiger partial charge in [0.05, 0.1) is 16.9 Å². The van der Waals surface area contributed by atoms with E-state index < -0.39 is 0 Å². The highest BCUT2D eigenvalue weighted by Crippen LogP contribution is 2.33. The van der Waals surface area contributed by atoms with Crippen LogP contribution in [-0.2, 0) is 4.79 Å². The summed E-state index contributed by atoms with van der Waals surface area (Å²) in [5.41, 5.74) is 4.13. The molecule has 7 heteroatoms. The number of thiazole rings is 1. The lowest BCUT2D eigenvalue weighted by Gasteiger charge is -2.09. The molecule has 1 aromatic carbocycles. The van der Waals surface area contributed by atoms with Crippen molar-refractivity contribution < 1.29 is 4.79 Å². The van der Waals surface area contributed by atoms with Gasteiger partial charge in [-0.1, -0.05) is 6.07 Å². The van der Waals surface area contributed by atoms with Crippen LogP contribution in [0.2, 0.25) is 0 Å². The second kappa shape index (κ2) is 5.86. The molecule has 0 bridgehead atoms. The van der Waals surface area contributed by atoms with Gasteiger partial charge in [0, 0.05) is 41.3 Å². The number of hydrogen-bond acceptors (Lipinski definition) is 5. The molecular weight excluding hydrogens is 322 g/mol. The molecule has 0 atom stereocenters. The van der Waals surface area contributed by atoms with Gasteiger partial charge in [-0.3, -0.25) is 9.89 Å². The van der Waals surface area contributed by atoms with Crippen LogP contribution in [0.4, 0.5) is 5.69 Å². The Balaban J connectivity index is 1.96. The number of amides is 1. The zero-order chi connectivity index (χ0) is 16.5. The third-order valence-corrected chi connectivity index (χ3v) is 4.38. The number of aromatic nitrogens is 4. The van der Waals surface area contributed by atoms with Gasteiger partial charge in [0.2, 0.25) is 5.91 Å². The number of carbonyl (C=O) groups excluding carboxylic acids is 1. The zero-order valence-electron chi connectivity index (χ0n) is 12.8. The molecule has 0 spiro atoms. The Hall–Kier alpha value is -3.06. The quantitative estimate of drug-likeness (QED) is 0.598. The first-order valence-electron chi connectivity index (χ1n) is 7.33. The lowest BCUT2D eigenvalue weighted by atomic mass is 10.1. The van der Waals surface area contributed by atoms with Gasteiger partial charge in [-0.05, 0) is 24.3 Å². The fourth-order valence-electron chi connectivity index (χ4n) is 2.58. The van der Waals surface area contributed by atoms with Crippen molar-refractivity contribution in [2.45, 2.75) is 6.92 Å². The van der Waals surface area contributed by atoms with Gasteiger partial charge in [-0.2, -0.15) is 5.10 Å². The number of nitrogens with zero attached hydrogens (tertiary/aromatic N) is 3. The molecule has 0 unspecified atom stereocenters. The molecule has 0 aliphatic carbocycles. The van der Waals surface area contributed by atoms with Crippen molar-refractivity contribution >= 4 is 33.8 Å². The van der Waals surface area contributed by atoms with Crippen LogP contribution < -0.4 is 5.32 Å². The van der Waals surface area contributed by atoms with Gasteiger partial charge in [-0.15, -0.1) is 11.3 Å². The minimum atomic E-state index is -0.112. The van der Waals surface area contributed by atoms with Gasteiger partial charge < -0.3 is 5.32 Å². The highest BCUT2D eigenvalue weighted by molar-refractivity contribution is 7.13. The summed E-state index contributed by atoms with van der Waals surface area (Å²) in [6.07, 6.45) is 3.48. The Morgan fingerprint density at radius 2 is 2.12 bits per heavy atom. The predicted octanol–water partition coefficient (Wildman–Crippen LogP) is 3.71. The van der Waals surface area contributed by atoms with Crippen molar-refractivity contribution in [3.63, 3.8) is 0 Å². The third kappa shape index (κ3) is 2.65. The maximum absolute atomic E-state index is 11.3. The number of aromatic amines is 1. The molecule has 4 rings (SSSR count). The van der Waals surface area contributed by atoms with Crippen LogP contribution in [0, 0.1) is 0 Å². The molecule has 2 N–H and O–H groups in total. The van der Waals surface area contributed by atoms with Crippen LogP contribution in [0.5, 0.6) is 0 Å². The van der Waals surface area contributed by atoms with Gasteiger partial charge >= 0.3 is 0 Å². The molecule has 0 fully saturated rings. The van der Waals surface area contributed by atoms with Crippen LogP contribution in [0.25, 0.3) is 32.9 Å². The predicted molar refractivity (Wildman–Crippen MR) is 94.7 cm³/mol. The van der Waals surface area contributed by atoms with Crippen molar-refractivity contribution in [3.8, 4) is 22.0 Å². The monoisotopic (exact) mass is 335 g/mol. The fourth-order valence-corrected chi connectivity index (χ4v) is 3.25. The number of H-pyrrole nitrogens is 1. The average Bonchev–Trinajstić information content (AvgIpc) is 3.26. The van der Waals surface area contributed by atoms with E-state index in [-0.39, 0.29) is 5.91 Å². The lowest BCUT2D eigenvalue weighted by molar-refractivity contribution is -0.114. The van der Waals surface area contributed by atoms with Crippen molar-refractivity contribution in [1.29, 1.82) is 0 Å². The van der Waals surface area contributed by atoms with Crippen LogP contribution in [0.1, 0.15) is 6.92 Å². The van der Waals surface area contributed by atoms with Crippen LogP contribution in [0.15, 0.2) is 48.1 Å². The summed E-state index contributed by atoms with van der Waals surface area (Å²) < 4.78 is 0. The minimum absolute atomic E-state index is 0.112. The minimum Gasteiger partial charge on any atom is -0.326 e. The standard InChI is InChI=1S/C17H13N5OS/c1-10(23)20-11-2-3-12-13(17-18-6-7-24-17)9-16(21-15(12)8-11)14-4-5-19-22-14/h2-9H,1H3,(H,19,22)(H,20,23). The maximum atomic E-state index is 11.3. The first-order valence-corrected chi connectivity index (χ1v) is 8.21. The van der Waals surface area contributed by atoms with E-state index in [9.17, 15) is 4.79 Å². The van der Waals surface area contributed by atoms with E-state index >= 15 is 0 Å². The van der Waals surface area contributed by atoms with Gasteiger partial charge in [0.1, 0.15) is 5.01 Å². The van der Waals surface area contributed by atoms with E-state index in [0.29, 0.717) is 5.69 Å². The van der Waals surface area contributed by atoms with Gasteiger partial charge in [0.15, 0.2) is 0 Å². The third-order valence-electron chi connectivity index (χ3n) is 3.57. The van der Waals surface area contributed by atoms with Gasteiger partial charge in [0.25, 0.3) is 0 Å². The molecule has 3 aromatic heterocycles. The summed E-state index contributed by atoms with van der Waals surface area (Å²) in [7, 11) is 0. The topological polar surface area (TPSA) is 83.6 Å². The van der Waals surface area contributed by atoms with E-state index in [4.69, 9.17) is 4.98 Å². The first-order chi connectivity index (χ1) is 11.7. The Morgan fingerprint density at radius 1 is 1.21 bits per heavy atom. The van der Waals surface area contributed by atoms with Crippen molar-refractivity contribution in [2.24, 2.45) is 0 Å². The number of anilines is 1. The Bertz CT molecular complexity index is 1010. The van der Waals surface area contributed by atoms with Crippen molar-refractivity contribution in [1.82, 2.24) is 20.2 Å². The van der Waals surface area contributed by atoms with Crippen molar-refractivity contribution in [2.75, 3.05) is 5.32 Å². The molecule has 1 amide bonds. The van der Waals surface area contributed by atoms with E-state index in [2.05, 4.69) is 20.5 Å². The average molecular weight is 335 g/mol. The summed E-state index contributed by atoms with van der Waals surface area (Å²) in [6.45, 7) is 1.49. The van der Waals surface area contributed by atoms with Crippen LogP contribution in [0.3, 0.4) is 0 Å². The van der Waals surface area contributed by atoms with E-state index in [0.717, 1.165) is 32.9 Å². The van der Waals surface area contributed by atoms with Gasteiger partial charge in [-0.25, -0.2) is 9.97 Å². The summed E-state index contributed by atoms with van der Waals surface area (Å²) in [5.74, 6) is -0.112. The largest absolute Gasteiger partial charge is 0.326 e. The molecule has 24 heavy (non-hydrogen) atoms. The summed E-state index contributed by atoms with van der Waals surface area (Å²) in [4.78, 5) is 20.4. The second-order valence-corrected chi connectivity index (χ2v) is 6.17. The highest BCUT2D eigenvalue weighted by atomic mass is 32.1. The summed E-state index contributed by atoms with van der Waals surface area (Å²) in [5, 5.41) is 13.6. The summed E-state index contributed by atoms with van der Waals surface area (Å²) >= 11 is 1.58. The number of nitrogens with one attached hydrogen (secondary N) is 2. The summed E-state index contributed by atoms with van der Waals surface area (Å²) in [6, 6.07) is 9.58. The zero-order valence-corrected chi connectivity index (χ0v) is 13.6. The molecule has 0 saturated carbocycles. The molecule has 118 valence electrons. The first kappa shape index (κ1) is 14.5. The maximum Gasteiger partial charge on any atom is 0.221 e. The van der Waals surface area contributed by atoms with E-state index in [1.165, 1.54) is 6.92 Å². The number of hydrogen-bond donors (Lipinski definition) is 2. The van der Waals surface area contributed by atoms with E-state index in [1.807, 2.05) is 35.7 Å². The number of pyridine rings is 1. The Labute approximate surface area is 141 Å². The van der Waals surface area contributed by atoms with E-state index in [1.54, 1.807) is 23.7 Å². The molecule has 0 saturated heterocycles. The normalized spacial score (nSPS) is 10.9. The molecule has 0 aliphatic heterocycles. The SMILES string of the molecule is CC(=O)Nc1ccc2c(-c3nccs3)cc(-c3ccn[nH]3)nc2c1.